The van der Waals surface area contributed by atoms with Crippen LogP contribution in [0.4, 0.5) is 18.9 Å². The summed E-state index contributed by atoms with van der Waals surface area (Å²) in [5, 5.41) is 3.31. The molecule has 1 amide bonds. The van der Waals surface area contributed by atoms with Crippen LogP contribution in [0.3, 0.4) is 0 Å². The maximum atomic E-state index is 13.0. The number of nitrogens with one attached hydrogen (secondary N) is 1. The van der Waals surface area contributed by atoms with Crippen molar-refractivity contribution in [2.45, 2.75) is 20.0 Å². The van der Waals surface area contributed by atoms with E-state index in [4.69, 9.17) is 13.9 Å². The first kappa shape index (κ1) is 24.9. The third kappa shape index (κ3) is 5.38. The molecule has 4 rings (SSSR count). The average molecular weight is 495 g/mol. The summed E-state index contributed by atoms with van der Waals surface area (Å²) in [5.74, 6) is 0.700. The molecular formula is C28H24F3NO4. The van der Waals surface area contributed by atoms with Crippen LogP contribution in [0.2, 0.25) is 0 Å². The summed E-state index contributed by atoms with van der Waals surface area (Å²) in [7, 11) is 1.51. The van der Waals surface area contributed by atoms with Gasteiger partial charge in [0.2, 0.25) is 5.91 Å². The Labute approximate surface area is 206 Å². The summed E-state index contributed by atoms with van der Waals surface area (Å²) < 4.78 is 55.7. The number of carbonyl (C=O) groups is 1. The Balaban J connectivity index is 1.65. The number of fused-ring (bicyclic) bond motifs is 1. The number of rotatable bonds is 7. The van der Waals surface area contributed by atoms with E-state index in [1.807, 2.05) is 37.3 Å². The molecule has 8 heteroatoms. The molecule has 1 aromatic heterocycles. The van der Waals surface area contributed by atoms with Gasteiger partial charge in [0.25, 0.3) is 0 Å². The van der Waals surface area contributed by atoms with Crippen molar-refractivity contribution in [3.8, 4) is 22.6 Å². The van der Waals surface area contributed by atoms with Gasteiger partial charge in [0, 0.05) is 34.3 Å². The highest BCUT2D eigenvalue weighted by Gasteiger charge is 2.30. The molecule has 0 aliphatic rings. The molecule has 3 aromatic carbocycles. The van der Waals surface area contributed by atoms with E-state index in [0.29, 0.717) is 29.1 Å². The Hall–Kier alpha value is -4.20. The molecule has 1 N–H and O–H groups in total. The van der Waals surface area contributed by atoms with E-state index in [0.717, 1.165) is 34.4 Å². The average Bonchev–Trinajstić information content (AvgIpc) is 3.26. The van der Waals surface area contributed by atoms with Gasteiger partial charge in [-0.1, -0.05) is 18.2 Å². The highest BCUT2D eigenvalue weighted by atomic mass is 19.4. The lowest BCUT2D eigenvalue weighted by Gasteiger charge is -2.11. The maximum Gasteiger partial charge on any atom is 0.416 e. The molecule has 0 aliphatic heterocycles. The zero-order valence-corrected chi connectivity index (χ0v) is 19.9. The van der Waals surface area contributed by atoms with E-state index in [-0.39, 0.29) is 5.69 Å². The summed E-state index contributed by atoms with van der Waals surface area (Å²) in [6.07, 6.45) is -1.52. The Morgan fingerprint density at radius 1 is 1.08 bits per heavy atom. The van der Waals surface area contributed by atoms with Crippen LogP contribution in [0.1, 0.15) is 25.0 Å². The largest absolute Gasteiger partial charge is 0.496 e. The molecule has 0 fully saturated rings. The second-order valence-electron chi connectivity index (χ2n) is 8.05. The monoisotopic (exact) mass is 495 g/mol. The molecule has 4 aromatic rings. The topological polar surface area (TPSA) is 60.7 Å². The summed E-state index contributed by atoms with van der Waals surface area (Å²) in [6, 6.07) is 15.7. The molecular weight excluding hydrogens is 471 g/mol. The maximum absolute atomic E-state index is 13.0. The normalized spacial score (nSPS) is 12.0. The summed E-state index contributed by atoms with van der Waals surface area (Å²) in [4.78, 5) is 12.6. The van der Waals surface area contributed by atoms with Gasteiger partial charge in [-0.25, -0.2) is 0 Å². The Kier molecular flexibility index (Phi) is 7.05. The molecule has 0 bridgehead atoms. The van der Waals surface area contributed by atoms with Gasteiger partial charge in [0.05, 0.1) is 25.5 Å². The van der Waals surface area contributed by atoms with E-state index in [1.54, 1.807) is 19.3 Å². The summed E-state index contributed by atoms with van der Waals surface area (Å²) >= 11 is 0. The molecule has 0 saturated carbocycles. The quantitative estimate of drug-likeness (QED) is 0.269. The van der Waals surface area contributed by atoms with Crippen LogP contribution >= 0.6 is 0 Å². The molecule has 0 saturated heterocycles. The first-order chi connectivity index (χ1) is 17.2. The van der Waals surface area contributed by atoms with Crippen LogP contribution in [-0.4, -0.2) is 19.6 Å². The van der Waals surface area contributed by atoms with Crippen molar-refractivity contribution in [3.05, 3.63) is 84.1 Å². The van der Waals surface area contributed by atoms with Gasteiger partial charge in [-0.3, -0.25) is 4.79 Å². The molecule has 0 aliphatic carbocycles. The Morgan fingerprint density at radius 2 is 1.83 bits per heavy atom. The fourth-order valence-electron chi connectivity index (χ4n) is 3.88. The molecule has 5 nitrogen and oxygen atoms in total. The molecule has 36 heavy (non-hydrogen) atoms. The molecule has 0 radical (unpaired) electrons. The predicted octanol–water partition coefficient (Wildman–Crippen LogP) is 7.57. The number of amides is 1. The number of carbonyl (C=O) groups excluding carboxylic acids is 1. The van der Waals surface area contributed by atoms with Crippen LogP contribution in [-0.2, 0) is 11.0 Å². The number of hydrogen-bond acceptors (Lipinski definition) is 4. The molecule has 0 spiro atoms. The SMILES string of the molecule is CCOc1ccc(-c2coc3cc(OC)c(/C(C)=C/C(=O)Nc4cccc(C(F)(F)F)c4)cc23)cc1. The highest BCUT2D eigenvalue weighted by molar-refractivity contribution is 6.05. The summed E-state index contributed by atoms with van der Waals surface area (Å²) in [5.41, 5.74) is 2.83. The van der Waals surface area contributed by atoms with Crippen molar-refractivity contribution in [3.63, 3.8) is 0 Å². The lowest BCUT2D eigenvalue weighted by Crippen LogP contribution is -2.11. The zero-order valence-electron chi connectivity index (χ0n) is 19.9. The second-order valence-corrected chi connectivity index (χ2v) is 8.05. The minimum Gasteiger partial charge on any atom is -0.496 e. The lowest BCUT2D eigenvalue weighted by molar-refractivity contribution is -0.137. The standard InChI is InChI=1S/C28H24F3NO4/c1-4-35-21-10-8-18(9-11-21)24-16-36-26-15-25(34-3)22(14-23(24)26)17(2)12-27(33)32-20-7-5-6-19(13-20)28(29,30)31/h5-16H,4H2,1-3H3,(H,32,33)/b17-12+. The van der Waals surface area contributed by atoms with E-state index >= 15 is 0 Å². The van der Waals surface area contributed by atoms with Gasteiger partial charge < -0.3 is 19.2 Å². The van der Waals surface area contributed by atoms with Gasteiger partial charge in [0.1, 0.15) is 17.1 Å². The van der Waals surface area contributed by atoms with E-state index < -0.39 is 17.6 Å². The first-order valence-electron chi connectivity index (χ1n) is 11.2. The van der Waals surface area contributed by atoms with Crippen LogP contribution in [0.25, 0.3) is 27.7 Å². The van der Waals surface area contributed by atoms with Gasteiger partial charge in [-0.05, 0) is 61.4 Å². The van der Waals surface area contributed by atoms with Crippen LogP contribution < -0.4 is 14.8 Å². The number of anilines is 1. The number of methoxy groups -OCH3 is 1. The van der Waals surface area contributed by atoms with Gasteiger partial charge >= 0.3 is 6.18 Å². The Morgan fingerprint density at radius 3 is 2.50 bits per heavy atom. The van der Waals surface area contributed by atoms with Crippen molar-refractivity contribution in [1.29, 1.82) is 0 Å². The highest BCUT2D eigenvalue weighted by Crippen LogP contribution is 2.38. The van der Waals surface area contributed by atoms with Crippen molar-refractivity contribution in [2.75, 3.05) is 19.0 Å². The second kappa shape index (κ2) is 10.2. The van der Waals surface area contributed by atoms with Crippen molar-refractivity contribution in [1.82, 2.24) is 0 Å². The van der Waals surface area contributed by atoms with Gasteiger partial charge in [-0.15, -0.1) is 0 Å². The number of hydrogen-bond donors (Lipinski definition) is 1. The summed E-state index contributed by atoms with van der Waals surface area (Å²) in [6.45, 7) is 4.22. The number of furan rings is 1. The first-order valence-corrected chi connectivity index (χ1v) is 11.2. The third-order valence-electron chi connectivity index (χ3n) is 5.60. The van der Waals surface area contributed by atoms with E-state index in [2.05, 4.69) is 5.32 Å². The fraction of sp³-hybridized carbons (Fsp3) is 0.179. The van der Waals surface area contributed by atoms with Crippen LogP contribution in [0.5, 0.6) is 11.5 Å². The minimum atomic E-state index is -4.50. The lowest BCUT2D eigenvalue weighted by atomic mass is 9.99. The number of benzene rings is 3. The fourth-order valence-corrected chi connectivity index (χ4v) is 3.88. The minimum absolute atomic E-state index is 0.0499. The van der Waals surface area contributed by atoms with Crippen molar-refractivity contribution < 1.29 is 31.9 Å². The van der Waals surface area contributed by atoms with Crippen molar-refractivity contribution in [2.24, 2.45) is 0 Å². The molecule has 1 heterocycles. The molecule has 186 valence electrons. The number of halogens is 3. The third-order valence-corrected chi connectivity index (χ3v) is 5.60. The number of alkyl halides is 3. The van der Waals surface area contributed by atoms with Crippen LogP contribution in [0, 0.1) is 0 Å². The number of allylic oxidation sites excluding steroid dienone is 1. The van der Waals surface area contributed by atoms with Crippen molar-refractivity contribution >= 4 is 28.1 Å². The van der Waals surface area contributed by atoms with Crippen LogP contribution in [0.15, 0.2) is 77.4 Å². The van der Waals surface area contributed by atoms with Gasteiger partial charge in [0.15, 0.2) is 0 Å². The molecule has 0 atom stereocenters. The Bertz CT molecular complexity index is 1420. The predicted molar refractivity (Wildman–Crippen MR) is 133 cm³/mol. The molecule has 0 unspecified atom stereocenters. The van der Waals surface area contributed by atoms with E-state index in [9.17, 15) is 18.0 Å². The number of ether oxygens (including phenoxy) is 2. The van der Waals surface area contributed by atoms with Gasteiger partial charge in [-0.2, -0.15) is 13.2 Å². The zero-order chi connectivity index (χ0) is 25.9. The smallest absolute Gasteiger partial charge is 0.416 e. The van der Waals surface area contributed by atoms with E-state index in [1.165, 1.54) is 25.3 Å².